The van der Waals surface area contributed by atoms with E-state index in [2.05, 4.69) is 15.3 Å². The fraction of sp³-hybridized carbons (Fsp3) is 0.227. The number of nitrogens with one attached hydrogen (secondary N) is 1. The highest BCUT2D eigenvalue weighted by molar-refractivity contribution is 5.97. The number of amides is 1. The van der Waals surface area contributed by atoms with Crippen molar-refractivity contribution in [2.45, 2.75) is 31.3 Å². The molecule has 0 spiro atoms. The normalized spacial score (nSPS) is 14.9. The Balaban J connectivity index is 1.40. The van der Waals surface area contributed by atoms with E-state index in [0.717, 1.165) is 29.8 Å². The second kappa shape index (κ2) is 6.96. The van der Waals surface area contributed by atoms with Crippen molar-refractivity contribution in [2.75, 3.05) is 0 Å². The van der Waals surface area contributed by atoms with E-state index in [1.165, 1.54) is 0 Å². The molecule has 0 aliphatic heterocycles. The molecule has 140 valence electrons. The van der Waals surface area contributed by atoms with Crippen molar-refractivity contribution in [3.63, 3.8) is 0 Å². The molecule has 1 N–H and O–H groups in total. The highest BCUT2D eigenvalue weighted by Crippen LogP contribution is 2.40. The second-order valence-corrected chi connectivity index (χ2v) is 7.21. The molecule has 1 aliphatic carbocycles. The number of imidazole rings is 1. The molecule has 1 saturated carbocycles. The third-order valence-corrected chi connectivity index (χ3v) is 5.05. The molecule has 2 aromatic carbocycles. The monoisotopic (exact) mass is 372 g/mol. The summed E-state index contributed by atoms with van der Waals surface area (Å²) in [5.41, 5.74) is 3.08. The van der Waals surface area contributed by atoms with Gasteiger partial charge in [0.25, 0.3) is 5.91 Å². The predicted molar refractivity (Wildman–Crippen MR) is 105 cm³/mol. The fourth-order valence-corrected chi connectivity index (χ4v) is 3.36. The molecule has 2 aromatic heterocycles. The van der Waals surface area contributed by atoms with Crippen molar-refractivity contribution in [2.24, 2.45) is 0 Å². The van der Waals surface area contributed by atoms with Gasteiger partial charge in [-0.3, -0.25) is 4.79 Å². The summed E-state index contributed by atoms with van der Waals surface area (Å²) in [5, 5.41) is 3.14. The van der Waals surface area contributed by atoms with Crippen LogP contribution in [-0.4, -0.2) is 20.4 Å². The summed E-state index contributed by atoms with van der Waals surface area (Å²) < 4.78 is 7.81. The smallest absolute Gasteiger partial charge is 0.251 e. The minimum atomic E-state index is -0.171. The molecule has 1 aliphatic rings. The van der Waals surface area contributed by atoms with Crippen LogP contribution in [0.4, 0.5) is 0 Å². The number of carbonyl (C=O) groups excluding carboxylic acids is 1. The fourth-order valence-electron chi connectivity index (χ4n) is 3.36. The summed E-state index contributed by atoms with van der Waals surface area (Å²) in [5.74, 6) is 1.09. The Morgan fingerprint density at radius 1 is 1.21 bits per heavy atom. The molecule has 2 heterocycles. The lowest BCUT2D eigenvalue weighted by atomic mass is 10.1. The average molecular weight is 372 g/mol. The number of hydrogen-bond acceptors (Lipinski definition) is 4. The van der Waals surface area contributed by atoms with Gasteiger partial charge in [0.05, 0.1) is 12.4 Å². The largest absolute Gasteiger partial charge is 0.440 e. The lowest BCUT2D eigenvalue weighted by molar-refractivity contribution is 0.0932. The number of rotatable bonds is 6. The van der Waals surface area contributed by atoms with E-state index < -0.39 is 0 Å². The molecule has 6 heteroatoms. The van der Waals surface area contributed by atoms with Crippen LogP contribution in [-0.2, 0) is 6.54 Å². The summed E-state index contributed by atoms with van der Waals surface area (Å²) in [6.07, 6.45) is 7.64. The Morgan fingerprint density at radius 2 is 2.07 bits per heavy atom. The lowest BCUT2D eigenvalue weighted by Crippen LogP contribution is -2.31. The Hall–Kier alpha value is -3.41. The first kappa shape index (κ1) is 16.7. The summed E-state index contributed by atoms with van der Waals surface area (Å²) in [4.78, 5) is 21.6. The van der Waals surface area contributed by atoms with Gasteiger partial charge < -0.3 is 14.3 Å². The number of carbonyl (C=O) groups is 1. The highest BCUT2D eigenvalue weighted by atomic mass is 16.3. The third kappa shape index (κ3) is 3.41. The first-order chi connectivity index (χ1) is 13.8. The first-order valence-corrected chi connectivity index (χ1v) is 9.48. The van der Waals surface area contributed by atoms with Gasteiger partial charge in [0.1, 0.15) is 5.52 Å². The van der Waals surface area contributed by atoms with Crippen LogP contribution in [0.25, 0.3) is 11.1 Å². The third-order valence-electron chi connectivity index (χ3n) is 5.05. The second-order valence-electron chi connectivity index (χ2n) is 7.21. The number of aromatic nitrogens is 3. The lowest BCUT2D eigenvalue weighted by Gasteiger charge is -2.20. The number of benzene rings is 2. The van der Waals surface area contributed by atoms with Gasteiger partial charge in [0, 0.05) is 30.4 Å². The van der Waals surface area contributed by atoms with E-state index in [1.54, 1.807) is 24.7 Å². The summed E-state index contributed by atoms with van der Waals surface area (Å²) in [6, 6.07) is 15.2. The zero-order valence-corrected chi connectivity index (χ0v) is 15.3. The standard InChI is InChI=1S/C22H20N4O2/c27-21(17-8-9-18-20(12-17)28-22(25-18)16-6-7-16)24-19(13-26-11-10-23-14-26)15-4-2-1-3-5-15/h1-5,8-12,14,16,19H,6-7,13H2,(H,24,27)/t19-/m1/s1. The average Bonchev–Trinajstić information content (AvgIpc) is 3.28. The maximum Gasteiger partial charge on any atom is 0.251 e. The molecule has 6 nitrogen and oxygen atoms in total. The van der Waals surface area contributed by atoms with Gasteiger partial charge in [-0.05, 0) is 36.6 Å². The van der Waals surface area contributed by atoms with E-state index >= 15 is 0 Å². The Labute approximate surface area is 162 Å². The molecule has 28 heavy (non-hydrogen) atoms. The van der Waals surface area contributed by atoms with Gasteiger partial charge in [0.15, 0.2) is 11.5 Å². The molecular formula is C22H20N4O2. The zero-order valence-electron chi connectivity index (χ0n) is 15.3. The van der Waals surface area contributed by atoms with Gasteiger partial charge >= 0.3 is 0 Å². The Kier molecular flexibility index (Phi) is 4.16. The van der Waals surface area contributed by atoms with Crippen LogP contribution in [0.5, 0.6) is 0 Å². The molecule has 0 saturated heterocycles. The van der Waals surface area contributed by atoms with Crippen molar-refractivity contribution in [3.8, 4) is 0 Å². The molecule has 0 unspecified atom stereocenters. The number of hydrogen-bond donors (Lipinski definition) is 1. The van der Waals surface area contributed by atoms with Gasteiger partial charge in [-0.15, -0.1) is 0 Å². The van der Waals surface area contributed by atoms with Crippen molar-refractivity contribution < 1.29 is 9.21 Å². The molecule has 4 aromatic rings. The number of nitrogens with zero attached hydrogens (tertiary/aromatic N) is 3. The molecule has 1 amide bonds. The Bertz CT molecular complexity index is 1100. The van der Waals surface area contributed by atoms with E-state index in [0.29, 0.717) is 23.6 Å². The Morgan fingerprint density at radius 3 is 2.82 bits per heavy atom. The van der Waals surface area contributed by atoms with E-state index in [1.807, 2.05) is 47.2 Å². The molecule has 1 atom stereocenters. The zero-order chi connectivity index (χ0) is 18.9. The number of fused-ring (bicyclic) bond motifs is 1. The minimum Gasteiger partial charge on any atom is -0.440 e. The maximum absolute atomic E-state index is 13.0. The van der Waals surface area contributed by atoms with Crippen molar-refractivity contribution in [1.29, 1.82) is 0 Å². The molecule has 0 bridgehead atoms. The van der Waals surface area contributed by atoms with Gasteiger partial charge in [0.2, 0.25) is 0 Å². The molecule has 5 rings (SSSR count). The first-order valence-electron chi connectivity index (χ1n) is 9.48. The SMILES string of the molecule is O=C(N[C@H](Cn1ccnc1)c1ccccc1)c1ccc2nc(C3CC3)oc2c1. The van der Waals surface area contributed by atoms with Gasteiger partial charge in [-0.25, -0.2) is 9.97 Å². The highest BCUT2D eigenvalue weighted by Gasteiger charge is 2.29. The maximum atomic E-state index is 13.0. The van der Waals surface area contributed by atoms with Crippen LogP contribution >= 0.6 is 0 Å². The van der Waals surface area contributed by atoms with Crippen molar-refractivity contribution in [3.05, 3.63) is 84.3 Å². The van der Waals surface area contributed by atoms with Crippen LogP contribution in [0.1, 0.15) is 46.6 Å². The predicted octanol–water partition coefficient (Wildman–Crippen LogP) is 4.07. The van der Waals surface area contributed by atoms with E-state index in [4.69, 9.17) is 4.42 Å². The number of oxazole rings is 1. The van der Waals surface area contributed by atoms with Crippen molar-refractivity contribution >= 4 is 17.0 Å². The molecule has 0 radical (unpaired) electrons. The molecule has 1 fully saturated rings. The molecular weight excluding hydrogens is 352 g/mol. The van der Waals surface area contributed by atoms with Gasteiger partial charge in [-0.2, -0.15) is 0 Å². The van der Waals surface area contributed by atoms with E-state index in [-0.39, 0.29) is 11.9 Å². The summed E-state index contributed by atoms with van der Waals surface area (Å²) in [6.45, 7) is 0.603. The van der Waals surface area contributed by atoms with Crippen LogP contribution in [0.2, 0.25) is 0 Å². The van der Waals surface area contributed by atoms with Crippen LogP contribution in [0, 0.1) is 0 Å². The van der Waals surface area contributed by atoms with Gasteiger partial charge in [-0.1, -0.05) is 30.3 Å². The van der Waals surface area contributed by atoms with Crippen molar-refractivity contribution in [1.82, 2.24) is 19.9 Å². The topological polar surface area (TPSA) is 73.0 Å². The van der Waals surface area contributed by atoms with Crippen LogP contribution < -0.4 is 5.32 Å². The van der Waals surface area contributed by atoms with E-state index in [9.17, 15) is 4.79 Å². The summed E-state index contributed by atoms with van der Waals surface area (Å²) >= 11 is 0. The summed E-state index contributed by atoms with van der Waals surface area (Å²) in [7, 11) is 0. The van der Waals surface area contributed by atoms with Crippen LogP contribution in [0.3, 0.4) is 0 Å². The quantitative estimate of drug-likeness (QED) is 0.554. The minimum absolute atomic E-state index is 0.139. The van der Waals surface area contributed by atoms with Crippen LogP contribution in [0.15, 0.2) is 71.7 Å².